The van der Waals surface area contributed by atoms with Gasteiger partial charge in [0, 0.05) is 39.3 Å². The maximum absolute atomic E-state index is 12.1. The number of guanidine groups is 1. The largest absolute Gasteiger partial charge is 0.357 e. The van der Waals surface area contributed by atoms with Crippen LogP contribution in [0.2, 0.25) is 0 Å². The summed E-state index contributed by atoms with van der Waals surface area (Å²) >= 11 is 0. The van der Waals surface area contributed by atoms with Gasteiger partial charge in [0.15, 0.2) is 5.96 Å². The normalized spacial score (nSPS) is 11.2. The van der Waals surface area contributed by atoms with E-state index in [9.17, 15) is 4.79 Å². The Morgan fingerprint density at radius 2 is 1.79 bits per heavy atom. The van der Waals surface area contributed by atoms with E-state index in [2.05, 4.69) is 47.4 Å². The van der Waals surface area contributed by atoms with Gasteiger partial charge in [-0.3, -0.25) is 9.79 Å². The van der Waals surface area contributed by atoms with E-state index in [0.717, 1.165) is 69.2 Å². The summed E-state index contributed by atoms with van der Waals surface area (Å²) < 4.78 is 0. The van der Waals surface area contributed by atoms with Crippen molar-refractivity contribution in [3.05, 3.63) is 35.4 Å². The minimum Gasteiger partial charge on any atom is -0.357 e. The van der Waals surface area contributed by atoms with Gasteiger partial charge >= 0.3 is 0 Å². The minimum absolute atomic E-state index is 0. The number of unbranched alkanes of at least 4 members (excludes halogenated alkanes) is 1. The van der Waals surface area contributed by atoms with Crippen LogP contribution in [0.4, 0.5) is 0 Å². The van der Waals surface area contributed by atoms with Crippen LogP contribution in [0.5, 0.6) is 0 Å². The van der Waals surface area contributed by atoms with Crippen molar-refractivity contribution in [3.63, 3.8) is 0 Å². The van der Waals surface area contributed by atoms with Crippen molar-refractivity contribution in [2.24, 2.45) is 4.99 Å². The molecule has 0 aliphatic heterocycles. The Kier molecular flexibility index (Phi) is 15.7. The maximum atomic E-state index is 12.1. The SMILES string of the molecule is CCNC(=NCCCCN(CC)CC)NCCc1cccc(C(=O)N(C)C)c1.I. The molecule has 0 radical (unpaired) electrons. The molecule has 0 saturated carbocycles. The zero-order chi connectivity index (χ0) is 20.8. The van der Waals surface area contributed by atoms with Crippen molar-refractivity contribution in [2.75, 3.05) is 53.4 Å². The first-order valence-electron chi connectivity index (χ1n) is 10.6. The molecule has 0 aliphatic rings. The van der Waals surface area contributed by atoms with Gasteiger partial charge in [-0.05, 0) is 63.5 Å². The van der Waals surface area contributed by atoms with Crippen LogP contribution in [0.15, 0.2) is 29.3 Å². The first-order valence-corrected chi connectivity index (χ1v) is 10.6. The van der Waals surface area contributed by atoms with Crippen molar-refractivity contribution >= 4 is 35.8 Å². The van der Waals surface area contributed by atoms with E-state index in [0.29, 0.717) is 0 Å². The van der Waals surface area contributed by atoms with Gasteiger partial charge in [0.2, 0.25) is 0 Å². The topological polar surface area (TPSA) is 60.0 Å². The second-order valence-electron chi connectivity index (χ2n) is 7.07. The highest BCUT2D eigenvalue weighted by Gasteiger charge is 2.08. The molecule has 7 heteroatoms. The smallest absolute Gasteiger partial charge is 0.253 e. The zero-order valence-electron chi connectivity index (χ0n) is 18.8. The van der Waals surface area contributed by atoms with Gasteiger partial charge in [-0.15, -0.1) is 24.0 Å². The second-order valence-corrected chi connectivity index (χ2v) is 7.07. The lowest BCUT2D eigenvalue weighted by molar-refractivity contribution is 0.0827. The van der Waals surface area contributed by atoms with Crippen LogP contribution in [0.25, 0.3) is 0 Å². The molecule has 166 valence electrons. The van der Waals surface area contributed by atoms with Crippen LogP contribution in [0, 0.1) is 0 Å². The van der Waals surface area contributed by atoms with Gasteiger partial charge < -0.3 is 20.4 Å². The number of benzene rings is 1. The van der Waals surface area contributed by atoms with Gasteiger partial charge in [0.05, 0.1) is 0 Å². The van der Waals surface area contributed by atoms with E-state index >= 15 is 0 Å². The van der Waals surface area contributed by atoms with E-state index in [4.69, 9.17) is 0 Å². The summed E-state index contributed by atoms with van der Waals surface area (Å²) in [6.45, 7) is 12.3. The molecule has 0 bridgehead atoms. The number of carbonyl (C=O) groups is 1. The quantitative estimate of drug-likeness (QED) is 0.194. The van der Waals surface area contributed by atoms with Crippen LogP contribution in [0.1, 0.15) is 49.5 Å². The Labute approximate surface area is 194 Å². The fraction of sp³-hybridized carbons (Fsp3) is 0.636. The van der Waals surface area contributed by atoms with Crippen LogP contribution in [-0.4, -0.2) is 75.0 Å². The average Bonchev–Trinajstić information content (AvgIpc) is 2.70. The van der Waals surface area contributed by atoms with E-state index in [1.165, 1.54) is 6.42 Å². The molecule has 0 spiro atoms. The van der Waals surface area contributed by atoms with Gasteiger partial charge in [-0.2, -0.15) is 0 Å². The molecule has 0 aliphatic carbocycles. The summed E-state index contributed by atoms with van der Waals surface area (Å²) in [7, 11) is 3.55. The first kappa shape index (κ1) is 27.6. The van der Waals surface area contributed by atoms with Crippen molar-refractivity contribution in [2.45, 2.75) is 40.0 Å². The molecule has 0 atom stereocenters. The summed E-state index contributed by atoms with van der Waals surface area (Å²) in [5.74, 6) is 0.903. The Morgan fingerprint density at radius 1 is 1.07 bits per heavy atom. The number of amides is 1. The highest BCUT2D eigenvalue weighted by molar-refractivity contribution is 14.0. The second kappa shape index (κ2) is 16.4. The van der Waals surface area contributed by atoms with Crippen molar-refractivity contribution < 1.29 is 4.79 Å². The molecule has 0 aromatic heterocycles. The fourth-order valence-corrected chi connectivity index (χ4v) is 2.96. The number of hydrogen-bond donors (Lipinski definition) is 2. The van der Waals surface area contributed by atoms with Crippen molar-refractivity contribution in [1.82, 2.24) is 20.4 Å². The average molecular weight is 518 g/mol. The minimum atomic E-state index is 0. The number of hydrogen-bond acceptors (Lipinski definition) is 3. The van der Waals surface area contributed by atoms with Gasteiger partial charge in [-0.25, -0.2) is 0 Å². The Morgan fingerprint density at radius 3 is 2.41 bits per heavy atom. The van der Waals surface area contributed by atoms with Crippen LogP contribution >= 0.6 is 24.0 Å². The molecule has 0 heterocycles. The Balaban J connectivity index is 0.00000784. The van der Waals surface area contributed by atoms with E-state index < -0.39 is 0 Å². The highest BCUT2D eigenvalue weighted by Crippen LogP contribution is 2.07. The Hall–Kier alpha value is -1.35. The van der Waals surface area contributed by atoms with Crippen LogP contribution in [0.3, 0.4) is 0 Å². The van der Waals surface area contributed by atoms with Gasteiger partial charge in [-0.1, -0.05) is 26.0 Å². The summed E-state index contributed by atoms with van der Waals surface area (Å²) in [6, 6.07) is 7.84. The molecule has 1 aromatic carbocycles. The van der Waals surface area contributed by atoms with E-state index in [1.807, 2.05) is 18.2 Å². The Bertz CT molecular complexity index is 603. The number of nitrogens with zero attached hydrogens (tertiary/aromatic N) is 3. The molecule has 0 saturated heterocycles. The number of nitrogens with one attached hydrogen (secondary N) is 2. The van der Waals surface area contributed by atoms with Gasteiger partial charge in [0.1, 0.15) is 0 Å². The lowest BCUT2D eigenvalue weighted by Gasteiger charge is -2.17. The number of rotatable bonds is 12. The molecular weight excluding hydrogens is 477 g/mol. The number of aliphatic imine (C=N–C) groups is 1. The van der Waals surface area contributed by atoms with Crippen molar-refractivity contribution in [1.29, 1.82) is 0 Å². The molecule has 0 unspecified atom stereocenters. The molecule has 1 aromatic rings. The van der Waals surface area contributed by atoms with Crippen LogP contribution in [-0.2, 0) is 6.42 Å². The summed E-state index contributed by atoms with van der Waals surface area (Å²) in [6.07, 6.45) is 3.12. The summed E-state index contributed by atoms with van der Waals surface area (Å²) in [5, 5.41) is 6.70. The predicted octanol–water partition coefficient (Wildman–Crippen LogP) is 3.23. The highest BCUT2D eigenvalue weighted by atomic mass is 127. The number of carbonyl (C=O) groups excluding carboxylic acids is 1. The number of halogens is 1. The third-order valence-electron chi connectivity index (χ3n) is 4.68. The summed E-state index contributed by atoms with van der Waals surface area (Å²) in [5.41, 5.74) is 1.88. The zero-order valence-corrected chi connectivity index (χ0v) is 21.2. The standard InChI is InChI=1S/C22H39N5O.HI/c1-6-23-22(24-15-9-10-17-27(7-2)8-3)25-16-14-19-12-11-13-20(18-19)21(28)26(4)5;/h11-13,18H,6-10,14-17H2,1-5H3,(H2,23,24,25);1H. The van der Waals surface area contributed by atoms with Crippen LogP contribution < -0.4 is 10.6 Å². The van der Waals surface area contributed by atoms with Gasteiger partial charge in [0.25, 0.3) is 5.91 Å². The molecular formula is C22H40IN5O. The monoisotopic (exact) mass is 517 g/mol. The summed E-state index contributed by atoms with van der Waals surface area (Å²) in [4.78, 5) is 20.8. The molecule has 6 nitrogen and oxygen atoms in total. The molecule has 2 N–H and O–H groups in total. The van der Waals surface area contributed by atoms with E-state index in [-0.39, 0.29) is 29.9 Å². The van der Waals surface area contributed by atoms with Crippen molar-refractivity contribution in [3.8, 4) is 0 Å². The lowest BCUT2D eigenvalue weighted by atomic mass is 10.1. The molecule has 1 amide bonds. The van der Waals surface area contributed by atoms with E-state index in [1.54, 1.807) is 19.0 Å². The predicted molar refractivity (Wildman–Crippen MR) is 135 cm³/mol. The third kappa shape index (κ3) is 11.4. The molecule has 0 fully saturated rings. The fourth-order valence-electron chi connectivity index (χ4n) is 2.96. The lowest BCUT2D eigenvalue weighted by Crippen LogP contribution is -2.38. The maximum Gasteiger partial charge on any atom is 0.253 e. The molecule has 29 heavy (non-hydrogen) atoms. The molecule has 1 rings (SSSR count). The third-order valence-corrected chi connectivity index (χ3v) is 4.68. The first-order chi connectivity index (χ1) is 13.5.